The molecule has 0 radical (unpaired) electrons. The highest BCUT2D eigenvalue weighted by molar-refractivity contribution is 9.18. The molecule has 0 aliphatic rings. The quantitative estimate of drug-likeness (QED) is 0.664. The van der Waals surface area contributed by atoms with Gasteiger partial charge in [-0.25, -0.2) is 4.98 Å². The molecule has 1 N–H and O–H groups in total. The van der Waals surface area contributed by atoms with Gasteiger partial charge in [-0.1, -0.05) is 11.6 Å². The Balaban J connectivity index is 3.00. The SMILES string of the molecule is CN(/C(Br)=C\C(=N)Br)c1ncccc1Cl. The van der Waals surface area contributed by atoms with Crippen molar-refractivity contribution < 1.29 is 0 Å². The maximum atomic E-state index is 7.26. The van der Waals surface area contributed by atoms with Crippen LogP contribution in [0.1, 0.15) is 0 Å². The predicted molar refractivity (Wildman–Crippen MR) is 71.3 cm³/mol. The summed E-state index contributed by atoms with van der Waals surface area (Å²) in [7, 11) is 1.81. The van der Waals surface area contributed by atoms with Gasteiger partial charge in [0.2, 0.25) is 0 Å². The van der Waals surface area contributed by atoms with Gasteiger partial charge in [-0.15, -0.1) is 0 Å². The largest absolute Gasteiger partial charge is 0.322 e. The van der Waals surface area contributed by atoms with E-state index in [0.29, 0.717) is 15.4 Å². The second kappa shape index (κ2) is 5.63. The van der Waals surface area contributed by atoms with Crippen LogP contribution in [0.5, 0.6) is 0 Å². The molecule has 15 heavy (non-hydrogen) atoms. The van der Waals surface area contributed by atoms with E-state index >= 15 is 0 Å². The van der Waals surface area contributed by atoms with Crippen LogP contribution in [0.3, 0.4) is 0 Å². The standard InChI is InChI=1S/C9H8Br2ClN3/c1-15(8(11)5-7(10)13)9-6(12)3-2-4-14-9/h2-5,13H,1H3/b8-5-,13-7?. The first-order chi connectivity index (χ1) is 7.02. The van der Waals surface area contributed by atoms with Gasteiger partial charge in [0, 0.05) is 19.3 Å². The minimum Gasteiger partial charge on any atom is -0.322 e. The lowest BCUT2D eigenvalue weighted by atomic mass is 10.4. The number of aromatic nitrogens is 1. The van der Waals surface area contributed by atoms with Gasteiger partial charge in [0.05, 0.1) is 14.2 Å². The summed E-state index contributed by atoms with van der Waals surface area (Å²) in [6, 6.07) is 3.53. The normalized spacial score (nSPS) is 11.3. The molecule has 1 rings (SSSR count). The van der Waals surface area contributed by atoms with Gasteiger partial charge >= 0.3 is 0 Å². The number of halogens is 3. The molecule has 0 aliphatic carbocycles. The number of nitrogens with zero attached hydrogens (tertiary/aromatic N) is 2. The molecule has 1 aromatic rings. The number of anilines is 1. The number of hydrogen-bond acceptors (Lipinski definition) is 3. The fourth-order valence-electron chi connectivity index (χ4n) is 0.927. The average molecular weight is 353 g/mol. The summed E-state index contributed by atoms with van der Waals surface area (Å²) >= 11 is 12.3. The first kappa shape index (κ1) is 12.7. The van der Waals surface area contributed by atoms with E-state index in [2.05, 4.69) is 36.8 Å². The van der Waals surface area contributed by atoms with E-state index in [-0.39, 0.29) is 4.62 Å². The van der Waals surface area contributed by atoms with E-state index in [1.165, 1.54) is 0 Å². The minimum absolute atomic E-state index is 0.272. The van der Waals surface area contributed by atoms with Crippen LogP contribution in [0.4, 0.5) is 5.82 Å². The van der Waals surface area contributed by atoms with Crippen LogP contribution in [0, 0.1) is 5.41 Å². The minimum atomic E-state index is 0.272. The maximum absolute atomic E-state index is 7.26. The zero-order valence-electron chi connectivity index (χ0n) is 7.84. The summed E-state index contributed by atoms with van der Waals surface area (Å²) in [6.07, 6.45) is 3.27. The molecule has 0 aliphatic heterocycles. The summed E-state index contributed by atoms with van der Waals surface area (Å²) in [5.74, 6) is 0.635. The Labute approximate surface area is 110 Å². The van der Waals surface area contributed by atoms with Crippen molar-refractivity contribution in [3.05, 3.63) is 34.0 Å². The molecule has 1 heterocycles. The molecule has 0 fully saturated rings. The van der Waals surface area contributed by atoms with Gasteiger partial charge in [-0.2, -0.15) is 0 Å². The molecule has 0 bridgehead atoms. The molecule has 0 atom stereocenters. The lowest BCUT2D eigenvalue weighted by molar-refractivity contribution is 1.11. The number of pyridine rings is 1. The van der Waals surface area contributed by atoms with Crippen LogP contribution in [0.2, 0.25) is 5.02 Å². The third kappa shape index (κ3) is 3.59. The third-order valence-corrected chi connectivity index (χ3v) is 2.91. The Kier molecular flexibility index (Phi) is 4.76. The lowest BCUT2D eigenvalue weighted by Crippen LogP contribution is -2.14. The number of rotatable bonds is 3. The van der Waals surface area contributed by atoms with Gasteiger partial charge in [0.15, 0.2) is 5.82 Å². The van der Waals surface area contributed by atoms with Crippen molar-refractivity contribution in [2.75, 3.05) is 11.9 Å². The maximum Gasteiger partial charge on any atom is 0.151 e. The zero-order valence-corrected chi connectivity index (χ0v) is 11.8. The predicted octanol–water partition coefficient (Wildman–Crippen LogP) is 3.78. The summed E-state index contributed by atoms with van der Waals surface area (Å²) in [6.45, 7) is 0. The van der Waals surface area contributed by atoms with Gasteiger partial charge in [0.1, 0.15) is 0 Å². The summed E-state index contributed by atoms with van der Waals surface area (Å²) in [4.78, 5) is 5.89. The molecule has 80 valence electrons. The fraction of sp³-hybridized carbons (Fsp3) is 0.111. The fourth-order valence-corrected chi connectivity index (χ4v) is 2.10. The van der Waals surface area contributed by atoms with E-state index < -0.39 is 0 Å². The van der Waals surface area contributed by atoms with Crippen molar-refractivity contribution >= 4 is 53.9 Å². The molecule has 0 saturated carbocycles. The number of hydrogen-bond donors (Lipinski definition) is 1. The summed E-state index contributed by atoms with van der Waals surface area (Å²) < 4.78 is 0.971. The van der Waals surface area contributed by atoms with E-state index in [1.807, 2.05) is 7.05 Å². The number of allylic oxidation sites excluding steroid dienone is 1. The molecule has 0 unspecified atom stereocenters. The summed E-state index contributed by atoms with van der Waals surface area (Å²) in [5, 5.41) is 7.83. The van der Waals surface area contributed by atoms with Crippen molar-refractivity contribution in [2.45, 2.75) is 0 Å². The van der Waals surface area contributed by atoms with Crippen LogP contribution >= 0.6 is 43.5 Å². The smallest absolute Gasteiger partial charge is 0.151 e. The summed E-state index contributed by atoms with van der Waals surface area (Å²) in [5.41, 5.74) is 0. The Bertz CT molecular complexity index is 406. The van der Waals surface area contributed by atoms with Gasteiger partial charge < -0.3 is 4.90 Å². The van der Waals surface area contributed by atoms with Gasteiger partial charge in [-0.05, 0) is 44.0 Å². The van der Waals surface area contributed by atoms with Crippen molar-refractivity contribution in [1.82, 2.24) is 4.98 Å². The molecule has 3 nitrogen and oxygen atoms in total. The van der Waals surface area contributed by atoms with Crippen LogP contribution < -0.4 is 4.90 Å². The van der Waals surface area contributed by atoms with Crippen molar-refractivity contribution in [2.24, 2.45) is 0 Å². The molecule has 1 aromatic heterocycles. The van der Waals surface area contributed by atoms with Gasteiger partial charge in [0.25, 0.3) is 0 Å². The molecule has 0 aromatic carbocycles. The van der Waals surface area contributed by atoms with E-state index in [9.17, 15) is 0 Å². The Hall–Kier alpha value is -0.390. The second-order valence-corrected chi connectivity index (χ2v) is 4.76. The van der Waals surface area contributed by atoms with Crippen LogP contribution in [-0.2, 0) is 0 Å². The third-order valence-electron chi connectivity index (χ3n) is 1.62. The molecule has 0 spiro atoms. The van der Waals surface area contributed by atoms with Crippen LogP contribution in [-0.4, -0.2) is 16.7 Å². The van der Waals surface area contributed by atoms with E-state index in [4.69, 9.17) is 17.0 Å². The van der Waals surface area contributed by atoms with E-state index in [1.54, 1.807) is 29.3 Å². The second-order valence-electron chi connectivity index (χ2n) is 2.68. The van der Waals surface area contributed by atoms with Crippen LogP contribution in [0.25, 0.3) is 0 Å². The lowest BCUT2D eigenvalue weighted by Gasteiger charge is -2.18. The Morgan fingerprint density at radius 3 is 2.80 bits per heavy atom. The monoisotopic (exact) mass is 351 g/mol. The van der Waals surface area contributed by atoms with E-state index in [0.717, 1.165) is 0 Å². The highest BCUT2D eigenvalue weighted by Crippen LogP contribution is 2.26. The van der Waals surface area contributed by atoms with Crippen molar-refractivity contribution in [3.8, 4) is 0 Å². The Morgan fingerprint density at radius 1 is 1.60 bits per heavy atom. The molecule has 0 amide bonds. The first-order valence-corrected chi connectivity index (χ1v) is 5.94. The highest BCUT2D eigenvalue weighted by Gasteiger charge is 2.09. The molecular formula is C9H8Br2ClN3. The molecular weight excluding hydrogens is 345 g/mol. The first-order valence-electron chi connectivity index (χ1n) is 3.98. The average Bonchev–Trinajstić information content (AvgIpc) is 2.16. The van der Waals surface area contributed by atoms with Crippen molar-refractivity contribution in [3.63, 3.8) is 0 Å². The number of nitrogens with one attached hydrogen (secondary N) is 1. The van der Waals surface area contributed by atoms with Gasteiger partial charge in [-0.3, -0.25) is 5.41 Å². The zero-order chi connectivity index (χ0) is 11.4. The molecule has 6 heteroatoms. The van der Waals surface area contributed by atoms with Crippen LogP contribution in [0.15, 0.2) is 29.0 Å². The molecule has 0 saturated heterocycles. The topological polar surface area (TPSA) is 40.0 Å². The Morgan fingerprint density at radius 2 is 2.27 bits per heavy atom. The highest BCUT2D eigenvalue weighted by atomic mass is 79.9. The van der Waals surface area contributed by atoms with Crippen molar-refractivity contribution in [1.29, 1.82) is 5.41 Å².